The molecule has 0 aliphatic heterocycles. The highest BCUT2D eigenvalue weighted by Crippen LogP contribution is 2.24. The lowest BCUT2D eigenvalue weighted by Gasteiger charge is -2.18. The molecule has 4 nitrogen and oxygen atoms in total. The van der Waals surface area contributed by atoms with E-state index in [9.17, 15) is 4.79 Å². The quantitative estimate of drug-likeness (QED) is 0.866. The van der Waals surface area contributed by atoms with Gasteiger partial charge in [0.2, 0.25) is 0 Å². The molecule has 1 heterocycles. The number of hydrogen-bond acceptors (Lipinski definition) is 3. The second-order valence-corrected chi connectivity index (χ2v) is 5.55. The normalized spacial score (nSPS) is 11.7. The third-order valence-electron chi connectivity index (χ3n) is 3.25. The van der Waals surface area contributed by atoms with Gasteiger partial charge in [0.15, 0.2) is 0 Å². The van der Waals surface area contributed by atoms with Crippen LogP contribution in [0.4, 0.5) is 5.69 Å². The molecule has 0 amide bonds. The van der Waals surface area contributed by atoms with E-state index in [0.29, 0.717) is 10.2 Å². The van der Waals surface area contributed by atoms with Gasteiger partial charge in [-0.25, -0.2) is 4.68 Å². The van der Waals surface area contributed by atoms with Crippen LogP contribution in [0.1, 0.15) is 24.1 Å². The van der Waals surface area contributed by atoms with Gasteiger partial charge in [-0.1, -0.05) is 30.2 Å². The minimum absolute atomic E-state index is 0.0622. The molecule has 2 rings (SSSR count). The fourth-order valence-electron chi connectivity index (χ4n) is 2.15. The summed E-state index contributed by atoms with van der Waals surface area (Å²) < 4.78 is 1.68. The van der Waals surface area contributed by atoms with Gasteiger partial charge in [-0.05, 0) is 40.9 Å². The predicted octanol–water partition coefficient (Wildman–Crippen LogP) is 3.12. The number of anilines is 1. The van der Waals surface area contributed by atoms with Gasteiger partial charge >= 0.3 is 0 Å². The molecule has 0 aliphatic carbocycles. The molecule has 1 N–H and O–H groups in total. The largest absolute Gasteiger partial charge is 0.376 e. The van der Waals surface area contributed by atoms with Crippen molar-refractivity contribution in [1.82, 2.24) is 9.78 Å². The zero-order valence-electron chi connectivity index (χ0n) is 11.9. The molecule has 1 aromatic heterocycles. The zero-order chi connectivity index (χ0) is 15.4. The average Bonchev–Trinajstić information content (AvgIpc) is 2.47. The first-order valence-electron chi connectivity index (χ1n) is 6.55. The van der Waals surface area contributed by atoms with Gasteiger partial charge in [0.1, 0.15) is 11.0 Å². The van der Waals surface area contributed by atoms with E-state index >= 15 is 0 Å². The summed E-state index contributed by atoms with van der Waals surface area (Å²) in [4.78, 5) is 12.1. The van der Waals surface area contributed by atoms with Gasteiger partial charge in [-0.2, -0.15) is 5.10 Å². The molecule has 0 spiro atoms. The van der Waals surface area contributed by atoms with Crippen LogP contribution in [0.5, 0.6) is 0 Å². The molecule has 2 aromatic rings. The lowest BCUT2D eigenvalue weighted by atomic mass is 10.0. The van der Waals surface area contributed by atoms with E-state index in [4.69, 9.17) is 6.42 Å². The molecule has 1 unspecified atom stereocenters. The van der Waals surface area contributed by atoms with E-state index in [0.717, 1.165) is 0 Å². The van der Waals surface area contributed by atoms with Gasteiger partial charge in [-0.3, -0.25) is 4.79 Å². The van der Waals surface area contributed by atoms with Crippen molar-refractivity contribution in [2.24, 2.45) is 0 Å². The highest BCUT2D eigenvalue weighted by Gasteiger charge is 2.13. The highest BCUT2D eigenvalue weighted by atomic mass is 79.9. The Hall–Kier alpha value is -2.06. The number of nitrogens with one attached hydrogen (secondary N) is 1. The molecule has 0 radical (unpaired) electrons. The Morgan fingerprint density at radius 3 is 2.86 bits per heavy atom. The van der Waals surface area contributed by atoms with Crippen molar-refractivity contribution in [1.29, 1.82) is 0 Å². The molecule has 0 bridgehead atoms. The van der Waals surface area contributed by atoms with E-state index in [-0.39, 0.29) is 18.1 Å². The summed E-state index contributed by atoms with van der Waals surface area (Å²) in [6, 6.07) is 8.19. The maximum atomic E-state index is 12.1. The molecule has 108 valence electrons. The van der Waals surface area contributed by atoms with E-state index in [1.54, 1.807) is 6.20 Å². The summed E-state index contributed by atoms with van der Waals surface area (Å²) in [5.74, 6) is 2.40. The van der Waals surface area contributed by atoms with Crippen molar-refractivity contribution < 1.29 is 0 Å². The summed E-state index contributed by atoms with van der Waals surface area (Å²) in [5, 5.41) is 7.37. The Bertz CT molecular complexity index is 746. The van der Waals surface area contributed by atoms with Crippen LogP contribution >= 0.6 is 15.9 Å². The molecular formula is C16H16BrN3O. The Balaban J connectivity index is 2.29. The lowest BCUT2D eigenvalue weighted by Crippen LogP contribution is -2.24. The van der Waals surface area contributed by atoms with E-state index < -0.39 is 0 Å². The minimum atomic E-state index is -0.241. The Labute approximate surface area is 132 Å². The monoisotopic (exact) mass is 345 g/mol. The maximum absolute atomic E-state index is 12.1. The van der Waals surface area contributed by atoms with Crippen molar-refractivity contribution >= 4 is 21.6 Å². The number of rotatable bonds is 4. The number of hydrogen-bond donors (Lipinski definition) is 1. The summed E-state index contributed by atoms with van der Waals surface area (Å²) in [7, 11) is 0. The molecule has 0 saturated carbocycles. The van der Waals surface area contributed by atoms with E-state index in [1.165, 1.54) is 15.8 Å². The molecule has 0 saturated heterocycles. The minimum Gasteiger partial charge on any atom is -0.376 e. The smallest absolute Gasteiger partial charge is 0.284 e. The SMILES string of the molecule is C#CCn1ncc(NC(C)c2ccccc2C)c(Br)c1=O. The van der Waals surface area contributed by atoms with E-state index in [1.807, 2.05) is 19.1 Å². The van der Waals surface area contributed by atoms with Crippen molar-refractivity contribution in [2.75, 3.05) is 5.32 Å². The molecule has 1 atom stereocenters. The standard InChI is InChI=1S/C16H16BrN3O/c1-4-9-20-16(21)15(17)14(10-18-20)19-12(3)13-8-6-5-7-11(13)2/h1,5-8,10,12,19H,9H2,2-3H3. The average molecular weight is 346 g/mol. The topological polar surface area (TPSA) is 46.9 Å². The fourth-order valence-corrected chi connectivity index (χ4v) is 2.57. The van der Waals surface area contributed by atoms with Crippen molar-refractivity contribution in [3.05, 3.63) is 56.4 Å². The number of halogens is 1. The van der Waals surface area contributed by atoms with E-state index in [2.05, 4.69) is 51.3 Å². The fraction of sp³-hybridized carbons (Fsp3) is 0.250. The highest BCUT2D eigenvalue weighted by molar-refractivity contribution is 9.10. The van der Waals surface area contributed by atoms with Gasteiger partial charge in [0.05, 0.1) is 11.9 Å². The molecule has 0 fully saturated rings. The number of aromatic nitrogens is 2. The van der Waals surface area contributed by atoms with Crippen molar-refractivity contribution in [3.8, 4) is 12.3 Å². The number of nitrogens with zero attached hydrogens (tertiary/aromatic N) is 2. The molecule has 1 aromatic carbocycles. The van der Waals surface area contributed by atoms with Crippen LogP contribution in [-0.4, -0.2) is 9.78 Å². The first kappa shape index (κ1) is 15.3. The van der Waals surface area contributed by atoms with Gasteiger partial charge in [-0.15, -0.1) is 6.42 Å². The number of benzene rings is 1. The second kappa shape index (κ2) is 6.59. The third-order valence-corrected chi connectivity index (χ3v) is 4.02. The van der Waals surface area contributed by atoms with Crippen LogP contribution in [-0.2, 0) is 6.54 Å². The molecule has 0 aliphatic rings. The first-order valence-corrected chi connectivity index (χ1v) is 7.35. The Kier molecular flexibility index (Phi) is 4.81. The predicted molar refractivity (Wildman–Crippen MR) is 88.2 cm³/mol. The third kappa shape index (κ3) is 3.34. The number of terminal acetylenes is 1. The molecular weight excluding hydrogens is 330 g/mol. The lowest BCUT2D eigenvalue weighted by molar-refractivity contribution is 0.658. The summed E-state index contributed by atoms with van der Waals surface area (Å²) >= 11 is 3.32. The summed E-state index contributed by atoms with van der Waals surface area (Å²) in [6.07, 6.45) is 6.82. The second-order valence-electron chi connectivity index (χ2n) is 4.76. The summed E-state index contributed by atoms with van der Waals surface area (Å²) in [5.41, 5.74) is 2.79. The van der Waals surface area contributed by atoms with Crippen LogP contribution < -0.4 is 10.9 Å². The van der Waals surface area contributed by atoms with Crippen LogP contribution in [0.15, 0.2) is 39.7 Å². The van der Waals surface area contributed by atoms with Gasteiger partial charge < -0.3 is 5.32 Å². The Morgan fingerprint density at radius 2 is 2.19 bits per heavy atom. The molecule has 21 heavy (non-hydrogen) atoms. The molecule has 5 heteroatoms. The first-order chi connectivity index (χ1) is 10.0. The van der Waals surface area contributed by atoms with Gasteiger partial charge in [0, 0.05) is 6.04 Å². The summed E-state index contributed by atoms with van der Waals surface area (Å²) in [6.45, 7) is 4.26. The number of aryl methyl sites for hydroxylation is 1. The van der Waals surface area contributed by atoms with Crippen LogP contribution in [0.25, 0.3) is 0 Å². The van der Waals surface area contributed by atoms with Crippen molar-refractivity contribution in [2.45, 2.75) is 26.4 Å². The maximum Gasteiger partial charge on any atom is 0.284 e. The van der Waals surface area contributed by atoms with Gasteiger partial charge in [0.25, 0.3) is 5.56 Å². The zero-order valence-corrected chi connectivity index (χ0v) is 13.5. The van der Waals surface area contributed by atoms with Crippen LogP contribution in [0, 0.1) is 19.3 Å². The van der Waals surface area contributed by atoms with Crippen molar-refractivity contribution in [3.63, 3.8) is 0 Å². The Morgan fingerprint density at radius 1 is 1.48 bits per heavy atom. The van der Waals surface area contributed by atoms with Crippen LogP contribution in [0.2, 0.25) is 0 Å². The van der Waals surface area contributed by atoms with Crippen LogP contribution in [0.3, 0.4) is 0 Å².